The van der Waals surface area contributed by atoms with E-state index in [1.807, 2.05) is 6.92 Å². The minimum absolute atomic E-state index is 0.355. The first-order valence-corrected chi connectivity index (χ1v) is 5.45. The maximum atomic E-state index is 10.9. The average molecular weight is 250 g/mol. The van der Waals surface area contributed by atoms with E-state index in [0.29, 0.717) is 24.0 Å². The van der Waals surface area contributed by atoms with Gasteiger partial charge in [0.05, 0.1) is 6.61 Å². The number of carboxylic acid groups (broad SMARTS) is 1. The number of ketones is 1. The minimum atomic E-state index is -1.61. The number of carboxylic acids is 1. The molecule has 0 aliphatic heterocycles. The number of ether oxygens (including phenoxy) is 1. The summed E-state index contributed by atoms with van der Waals surface area (Å²) in [5.41, 5.74) is 0.355. The van der Waals surface area contributed by atoms with E-state index < -0.39 is 11.8 Å². The zero-order chi connectivity index (χ0) is 13.5. The predicted octanol–water partition coefficient (Wildman–Crippen LogP) is 2.03. The molecule has 2 N–H and O–H groups in total. The number of hydrogen-bond acceptors (Lipinski definition) is 4. The Morgan fingerprint density at radius 3 is 2.33 bits per heavy atom. The van der Waals surface area contributed by atoms with Gasteiger partial charge in [0.2, 0.25) is 0 Å². The maximum Gasteiger partial charge on any atom is 0.376 e. The molecule has 5 heteroatoms. The zero-order valence-corrected chi connectivity index (χ0v) is 9.92. The highest BCUT2D eigenvalue weighted by Crippen LogP contribution is 2.17. The standard InChI is InChI=1S/C13H14O5/c1-2-7-18-10-5-3-9(4-6-10)11(14)8-12(15)13(16)17/h3-6,8,14H,2,7H2,1H3,(H,16,17). The van der Waals surface area contributed by atoms with Gasteiger partial charge in [-0.05, 0) is 30.7 Å². The van der Waals surface area contributed by atoms with Crippen LogP contribution in [0, 0.1) is 0 Å². The number of aliphatic carboxylic acids is 1. The van der Waals surface area contributed by atoms with Crippen LogP contribution < -0.4 is 4.74 Å². The number of aliphatic hydroxyl groups excluding tert-OH is 1. The third kappa shape index (κ3) is 3.93. The third-order valence-corrected chi connectivity index (χ3v) is 2.10. The van der Waals surface area contributed by atoms with Crippen molar-refractivity contribution in [3.05, 3.63) is 35.9 Å². The second-order valence-corrected chi connectivity index (χ2v) is 3.57. The van der Waals surface area contributed by atoms with Gasteiger partial charge in [0.1, 0.15) is 11.5 Å². The number of carbonyl (C=O) groups excluding carboxylic acids is 1. The first-order chi connectivity index (χ1) is 8.54. The SMILES string of the molecule is CCCOc1ccc(C(O)=CC(=O)C(=O)O)cc1. The van der Waals surface area contributed by atoms with Crippen LogP contribution in [-0.4, -0.2) is 28.6 Å². The molecule has 0 aliphatic carbocycles. The lowest BCUT2D eigenvalue weighted by atomic mass is 10.1. The summed E-state index contributed by atoms with van der Waals surface area (Å²) in [7, 11) is 0. The number of hydrogen-bond donors (Lipinski definition) is 2. The molecule has 0 aliphatic rings. The van der Waals surface area contributed by atoms with Crippen molar-refractivity contribution in [2.24, 2.45) is 0 Å². The van der Waals surface area contributed by atoms with Crippen LogP contribution in [0.5, 0.6) is 5.75 Å². The van der Waals surface area contributed by atoms with Crippen molar-refractivity contribution in [1.29, 1.82) is 0 Å². The van der Waals surface area contributed by atoms with Crippen LogP contribution >= 0.6 is 0 Å². The van der Waals surface area contributed by atoms with Gasteiger partial charge in [-0.15, -0.1) is 0 Å². The lowest BCUT2D eigenvalue weighted by Gasteiger charge is -2.05. The fourth-order valence-electron chi connectivity index (χ4n) is 1.21. The van der Waals surface area contributed by atoms with Crippen LogP contribution in [0.4, 0.5) is 0 Å². The van der Waals surface area contributed by atoms with Gasteiger partial charge in [0, 0.05) is 11.6 Å². The molecule has 0 bridgehead atoms. The van der Waals surface area contributed by atoms with Crippen molar-refractivity contribution >= 4 is 17.5 Å². The highest BCUT2D eigenvalue weighted by molar-refractivity contribution is 6.38. The Morgan fingerprint density at radius 2 is 1.83 bits per heavy atom. The molecule has 0 amide bonds. The van der Waals surface area contributed by atoms with Gasteiger partial charge >= 0.3 is 5.97 Å². The molecule has 0 heterocycles. The summed E-state index contributed by atoms with van der Waals surface area (Å²) in [6, 6.07) is 6.37. The van der Waals surface area contributed by atoms with E-state index in [4.69, 9.17) is 9.84 Å². The smallest absolute Gasteiger partial charge is 0.376 e. The topological polar surface area (TPSA) is 83.8 Å². The van der Waals surface area contributed by atoms with Gasteiger partial charge in [-0.3, -0.25) is 4.79 Å². The average Bonchev–Trinajstić information content (AvgIpc) is 2.36. The molecule has 1 aromatic carbocycles. The molecule has 0 saturated carbocycles. The van der Waals surface area contributed by atoms with Crippen molar-refractivity contribution in [3.8, 4) is 5.75 Å². The van der Waals surface area contributed by atoms with Crippen LogP contribution in [-0.2, 0) is 9.59 Å². The monoisotopic (exact) mass is 250 g/mol. The van der Waals surface area contributed by atoms with Crippen LogP contribution in [0.2, 0.25) is 0 Å². The van der Waals surface area contributed by atoms with Crippen LogP contribution in [0.1, 0.15) is 18.9 Å². The molecule has 1 rings (SSSR count). The molecule has 0 atom stereocenters. The van der Waals surface area contributed by atoms with Gasteiger partial charge in [0.25, 0.3) is 5.78 Å². The molecule has 18 heavy (non-hydrogen) atoms. The highest BCUT2D eigenvalue weighted by Gasteiger charge is 2.10. The van der Waals surface area contributed by atoms with E-state index in [9.17, 15) is 14.7 Å². The molecule has 0 saturated heterocycles. The van der Waals surface area contributed by atoms with E-state index in [0.717, 1.165) is 6.42 Å². The molecule has 0 aromatic heterocycles. The lowest BCUT2D eigenvalue weighted by molar-refractivity contribution is -0.146. The fraction of sp³-hybridized carbons (Fsp3) is 0.231. The molecule has 0 radical (unpaired) electrons. The predicted molar refractivity (Wildman–Crippen MR) is 65.5 cm³/mol. The van der Waals surface area contributed by atoms with E-state index >= 15 is 0 Å². The second-order valence-electron chi connectivity index (χ2n) is 3.57. The Balaban J connectivity index is 2.78. The van der Waals surface area contributed by atoms with Gasteiger partial charge < -0.3 is 14.9 Å². The first-order valence-electron chi connectivity index (χ1n) is 5.45. The van der Waals surface area contributed by atoms with Crippen LogP contribution in [0.3, 0.4) is 0 Å². The van der Waals surface area contributed by atoms with Crippen molar-refractivity contribution in [2.45, 2.75) is 13.3 Å². The summed E-state index contributed by atoms with van der Waals surface area (Å²) >= 11 is 0. The van der Waals surface area contributed by atoms with E-state index in [1.165, 1.54) is 0 Å². The van der Waals surface area contributed by atoms with Crippen LogP contribution in [0.15, 0.2) is 30.3 Å². The van der Waals surface area contributed by atoms with Crippen molar-refractivity contribution in [1.82, 2.24) is 0 Å². The number of aliphatic hydroxyl groups is 1. The van der Waals surface area contributed by atoms with Gasteiger partial charge in [0.15, 0.2) is 0 Å². The normalized spacial score (nSPS) is 11.1. The highest BCUT2D eigenvalue weighted by atomic mass is 16.5. The van der Waals surface area contributed by atoms with Gasteiger partial charge in [-0.1, -0.05) is 6.92 Å². The molecular formula is C13H14O5. The van der Waals surface area contributed by atoms with Crippen molar-refractivity contribution in [3.63, 3.8) is 0 Å². The second kappa shape index (κ2) is 6.44. The molecular weight excluding hydrogens is 236 g/mol. The summed E-state index contributed by atoms with van der Waals surface area (Å²) in [4.78, 5) is 21.2. The Kier molecular flexibility index (Phi) is 4.92. The number of benzene rings is 1. The third-order valence-electron chi connectivity index (χ3n) is 2.10. The summed E-state index contributed by atoms with van der Waals surface area (Å²) in [5.74, 6) is -2.51. The Morgan fingerprint density at radius 1 is 1.22 bits per heavy atom. The van der Waals surface area contributed by atoms with Gasteiger partial charge in [-0.2, -0.15) is 0 Å². The first kappa shape index (κ1) is 13.8. The van der Waals surface area contributed by atoms with Crippen molar-refractivity contribution < 1.29 is 24.5 Å². The molecule has 0 unspecified atom stereocenters. The van der Waals surface area contributed by atoms with Crippen LogP contribution in [0.25, 0.3) is 5.76 Å². The van der Waals surface area contributed by atoms with E-state index in [1.54, 1.807) is 24.3 Å². The largest absolute Gasteiger partial charge is 0.507 e. The summed E-state index contributed by atoms with van der Waals surface area (Å²) in [6.45, 7) is 2.58. The number of carbonyl (C=O) groups is 2. The Hall–Kier alpha value is -2.30. The zero-order valence-electron chi connectivity index (χ0n) is 9.92. The minimum Gasteiger partial charge on any atom is -0.507 e. The van der Waals surface area contributed by atoms with Crippen molar-refractivity contribution in [2.75, 3.05) is 6.61 Å². The molecule has 1 aromatic rings. The number of rotatable bonds is 6. The summed E-state index contributed by atoms with van der Waals surface area (Å²) < 4.78 is 5.35. The molecule has 0 fully saturated rings. The Bertz CT molecular complexity index is 459. The van der Waals surface area contributed by atoms with E-state index in [-0.39, 0.29) is 5.76 Å². The molecule has 0 spiro atoms. The van der Waals surface area contributed by atoms with Gasteiger partial charge in [-0.25, -0.2) is 4.79 Å². The quantitative estimate of drug-likeness (QED) is 0.458. The molecule has 5 nitrogen and oxygen atoms in total. The van der Waals surface area contributed by atoms with E-state index in [2.05, 4.69) is 0 Å². The molecule has 96 valence electrons. The summed E-state index contributed by atoms with van der Waals surface area (Å²) in [5, 5.41) is 17.9. The Labute approximate surface area is 104 Å². The lowest BCUT2D eigenvalue weighted by Crippen LogP contribution is -2.09. The summed E-state index contributed by atoms with van der Waals surface area (Å²) in [6.07, 6.45) is 1.56. The fourth-order valence-corrected chi connectivity index (χ4v) is 1.21. The maximum absolute atomic E-state index is 10.9.